The van der Waals surface area contributed by atoms with Crippen molar-refractivity contribution in [1.82, 2.24) is 29.2 Å². The first-order valence-corrected chi connectivity index (χ1v) is 12.6. The Labute approximate surface area is 228 Å². The van der Waals surface area contributed by atoms with Crippen LogP contribution in [0.1, 0.15) is 24.6 Å². The van der Waals surface area contributed by atoms with Crippen molar-refractivity contribution in [2.45, 2.75) is 25.8 Å². The number of pyridine rings is 1. The number of fused-ring (bicyclic) bond motifs is 1. The predicted octanol–water partition coefficient (Wildman–Crippen LogP) is 4.10. The predicted molar refractivity (Wildman–Crippen MR) is 141 cm³/mol. The van der Waals surface area contributed by atoms with Gasteiger partial charge in [-0.05, 0) is 50.1 Å². The molecule has 3 aromatic heterocycles. The zero-order chi connectivity index (χ0) is 27.2. The smallest absolute Gasteiger partial charge is 0.414 e. The molecule has 0 bridgehead atoms. The number of aryl methyl sites for hydroxylation is 1. The van der Waals surface area contributed by atoms with Crippen LogP contribution in [-0.2, 0) is 9.59 Å². The lowest BCUT2D eigenvalue weighted by atomic mass is 10.0. The highest BCUT2D eigenvalue weighted by atomic mass is 35.5. The van der Waals surface area contributed by atoms with Crippen LogP contribution in [0.25, 0.3) is 16.9 Å². The van der Waals surface area contributed by atoms with Gasteiger partial charge in [0.15, 0.2) is 5.65 Å². The lowest BCUT2D eigenvalue weighted by Crippen LogP contribution is -2.37. The summed E-state index contributed by atoms with van der Waals surface area (Å²) in [5.41, 5.74) is 3.76. The molecule has 1 aromatic carbocycles. The molecule has 200 valence electrons. The number of ether oxygens (including phenoxy) is 1. The van der Waals surface area contributed by atoms with Crippen molar-refractivity contribution in [2.24, 2.45) is 0 Å². The minimum atomic E-state index is -1.82. The van der Waals surface area contributed by atoms with E-state index in [9.17, 15) is 0 Å². The van der Waals surface area contributed by atoms with Crippen LogP contribution in [0.3, 0.4) is 0 Å². The van der Waals surface area contributed by atoms with Gasteiger partial charge < -0.3 is 19.5 Å². The Bertz CT molecular complexity index is 1420. The molecular weight excluding hydrogens is 535 g/mol. The summed E-state index contributed by atoms with van der Waals surface area (Å²) in [5, 5.41) is 20.4. The van der Waals surface area contributed by atoms with Crippen LogP contribution in [0, 0.1) is 6.92 Å². The van der Waals surface area contributed by atoms with Crippen LogP contribution in [-0.4, -0.2) is 77.6 Å². The summed E-state index contributed by atoms with van der Waals surface area (Å²) in [6, 6.07) is 11.8. The van der Waals surface area contributed by atoms with Gasteiger partial charge in [0.2, 0.25) is 5.88 Å². The van der Waals surface area contributed by atoms with E-state index in [-0.39, 0.29) is 0 Å². The molecule has 5 rings (SSSR count). The van der Waals surface area contributed by atoms with E-state index >= 15 is 0 Å². The highest BCUT2D eigenvalue weighted by Gasteiger charge is 2.22. The maximum absolute atomic E-state index is 9.10. The summed E-state index contributed by atoms with van der Waals surface area (Å²) < 4.78 is 9.98. The van der Waals surface area contributed by atoms with Crippen molar-refractivity contribution in [2.75, 3.05) is 26.2 Å². The number of benzene rings is 1. The van der Waals surface area contributed by atoms with Gasteiger partial charge in [0.1, 0.15) is 12.1 Å². The third-order valence-corrected chi connectivity index (χ3v) is 6.87. The van der Waals surface area contributed by atoms with Gasteiger partial charge in [0.05, 0.1) is 22.1 Å². The zero-order valence-electron chi connectivity index (χ0n) is 20.5. The highest BCUT2D eigenvalue weighted by Crippen LogP contribution is 2.27. The maximum atomic E-state index is 9.10. The van der Waals surface area contributed by atoms with Crippen molar-refractivity contribution < 1.29 is 24.5 Å². The van der Waals surface area contributed by atoms with Crippen molar-refractivity contribution in [3.05, 3.63) is 64.7 Å². The Morgan fingerprint density at radius 2 is 1.79 bits per heavy atom. The van der Waals surface area contributed by atoms with E-state index in [0.717, 1.165) is 55.0 Å². The minimum Gasteiger partial charge on any atom is -0.475 e. The molecule has 0 atom stereocenters. The van der Waals surface area contributed by atoms with Gasteiger partial charge in [-0.2, -0.15) is 0 Å². The van der Waals surface area contributed by atoms with Gasteiger partial charge in [-0.15, -0.1) is 5.10 Å². The number of carbonyl (C=O) groups is 2. The van der Waals surface area contributed by atoms with E-state index in [2.05, 4.69) is 24.5 Å². The van der Waals surface area contributed by atoms with E-state index in [1.807, 2.05) is 48.4 Å². The first-order chi connectivity index (χ1) is 18.2. The molecule has 4 heterocycles. The quantitative estimate of drug-likeness (QED) is 0.334. The molecule has 1 saturated heterocycles. The Morgan fingerprint density at radius 3 is 2.47 bits per heavy atom. The van der Waals surface area contributed by atoms with E-state index in [1.165, 1.54) is 0 Å². The summed E-state index contributed by atoms with van der Waals surface area (Å²) >= 11 is 12.2. The Hall–Kier alpha value is -3.67. The van der Waals surface area contributed by atoms with E-state index in [1.54, 1.807) is 12.1 Å². The molecule has 0 saturated carbocycles. The number of halogens is 2. The average Bonchev–Trinajstić information content (AvgIpc) is 3.50. The molecule has 4 aromatic rings. The van der Waals surface area contributed by atoms with Gasteiger partial charge in [0, 0.05) is 43.6 Å². The molecule has 0 radical (unpaired) electrons. The average molecular weight is 561 g/mol. The summed E-state index contributed by atoms with van der Waals surface area (Å²) in [7, 11) is 0. The van der Waals surface area contributed by atoms with E-state index in [4.69, 9.17) is 47.7 Å². The molecule has 38 heavy (non-hydrogen) atoms. The number of carboxylic acids is 2. The molecule has 0 aliphatic carbocycles. The van der Waals surface area contributed by atoms with Crippen LogP contribution in [0.2, 0.25) is 10.0 Å². The second kappa shape index (κ2) is 12.2. The topological polar surface area (TPSA) is 136 Å². The van der Waals surface area contributed by atoms with Crippen LogP contribution < -0.4 is 4.74 Å². The molecule has 0 unspecified atom stereocenters. The summed E-state index contributed by atoms with van der Waals surface area (Å²) in [6.45, 7) is 5.50. The number of carboxylic acid groups (broad SMARTS) is 2. The van der Waals surface area contributed by atoms with Crippen LogP contribution in [0.4, 0.5) is 0 Å². The fourth-order valence-corrected chi connectivity index (χ4v) is 4.52. The van der Waals surface area contributed by atoms with Crippen molar-refractivity contribution in [3.8, 4) is 11.6 Å². The van der Waals surface area contributed by atoms with Crippen molar-refractivity contribution in [3.63, 3.8) is 0 Å². The monoisotopic (exact) mass is 560 g/mol. The molecule has 0 spiro atoms. The second-order valence-electron chi connectivity index (χ2n) is 8.66. The fourth-order valence-electron chi connectivity index (χ4n) is 4.23. The largest absolute Gasteiger partial charge is 0.475 e. The van der Waals surface area contributed by atoms with Gasteiger partial charge in [-0.3, -0.25) is 4.90 Å². The van der Waals surface area contributed by atoms with E-state index in [0.29, 0.717) is 28.6 Å². The first-order valence-electron chi connectivity index (χ1n) is 11.8. The van der Waals surface area contributed by atoms with Gasteiger partial charge >= 0.3 is 11.9 Å². The van der Waals surface area contributed by atoms with Gasteiger partial charge in [-0.1, -0.05) is 23.2 Å². The zero-order valence-corrected chi connectivity index (χ0v) is 22.0. The van der Waals surface area contributed by atoms with Crippen molar-refractivity contribution >= 4 is 46.3 Å². The molecule has 1 aliphatic rings. The van der Waals surface area contributed by atoms with Crippen LogP contribution >= 0.6 is 23.2 Å². The second-order valence-corrected chi connectivity index (χ2v) is 9.48. The number of rotatable bonds is 6. The third kappa shape index (κ3) is 6.60. The summed E-state index contributed by atoms with van der Waals surface area (Å²) in [5.74, 6) is -3.04. The molecule has 13 heteroatoms. The van der Waals surface area contributed by atoms with Crippen LogP contribution in [0.5, 0.6) is 5.88 Å². The number of likely N-dealkylation sites (tertiary alicyclic amines) is 1. The van der Waals surface area contributed by atoms with Crippen molar-refractivity contribution in [1.29, 1.82) is 0 Å². The number of imidazole rings is 1. The first kappa shape index (κ1) is 27.4. The standard InChI is InChI=1S/C23H24Cl2N6O.C2H2O4/c1-16-13-22(28-31(16)18-4-5-19(24)20(25)14-18)32-12-11-29-9-6-17(7-10-29)30-15-27-21-3-2-8-26-23(21)30;3-1(4)2(5)6/h2-5,8,13-15,17H,6-7,9-12H2,1H3;(H,3,4)(H,5,6). The number of nitrogens with zero attached hydrogens (tertiary/aromatic N) is 6. The van der Waals surface area contributed by atoms with Crippen LogP contribution in [0.15, 0.2) is 48.9 Å². The number of aromatic nitrogens is 5. The van der Waals surface area contributed by atoms with E-state index < -0.39 is 11.9 Å². The van der Waals surface area contributed by atoms with Gasteiger partial charge in [-0.25, -0.2) is 24.2 Å². The lowest BCUT2D eigenvalue weighted by molar-refractivity contribution is -0.159. The Morgan fingerprint density at radius 1 is 1.05 bits per heavy atom. The Kier molecular flexibility index (Phi) is 8.82. The number of piperidine rings is 1. The highest BCUT2D eigenvalue weighted by molar-refractivity contribution is 6.42. The normalized spacial score (nSPS) is 14.2. The number of aliphatic carboxylic acids is 2. The minimum absolute atomic E-state index is 0.441. The molecule has 0 amide bonds. The summed E-state index contributed by atoms with van der Waals surface area (Å²) in [6.07, 6.45) is 5.91. The Balaban J connectivity index is 0.000000505. The number of hydrogen-bond donors (Lipinski definition) is 2. The lowest BCUT2D eigenvalue weighted by Gasteiger charge is -2.32. The SMILES string of the molecule is Cc1cc(OCCN2CCC(n3cnc4cccnc43)CC2)nn1-c1ccc(Cl)c(Cl)c1.O=C(O)C(=O)O. The molecular formula is C25H26Cl2N6O5. The van der Waals surface area contributed by atoms with Gasteiger partial charge in [0.25, 0.3) is 0 Å². The fraction of sp³-hybridized carbons (Fsp3) is 0.320. The summed E-state index contributed by atoms with van der Waals surface area (Å²) in [4.78, 5) is 29.6. The third-order valence-electron chi connectivity index (χ3n) is 6.14. The molecule has 11 nitrogen and oxygen atoms in total. The number of hydrogen-bond acceptors (Lipinski definition) is 7. The molecule has 1 fully saturated rings. The molecule has 1 aliphatic heterocycles. The molecule has 2 N–H and O–H groups in total. The maximum Gasteiger partial charge on any atom is 0.414 e.